The van der Waals surface area contributed by atoms with E-state index in [1.807, 2.05) is 18.5 Å². The molecule has 4 nitrogen and oxygen atoms in total. The Morgan fingerprint density at radius 1 is 1.28 bits per heavy atom. The molecule has 1 aliphatic heterocycles. The number of hydrogen-bond acceptors (Lipinski definition) is 4. The van der Waals surface area contributed by atoms with E-state index in [0.717, 1.165) is 41.8 Å². The Labute approximate surface area is 148 Å². The van der Waals surface area contributed by atoms with Crippen LogP contribution in [0.4, 0.5) is 5.69 Å². The highest BCUT2D eigenvalue weighted by Crippen LogP contribution is 2.37. The molecule has 1 aromatic heterocycles. The van der Waals surface area contributed by atoms with E-state index in [4.69, 9.17) is 4.74 Å². The van der Waals surface area contributed by atoms with Gasteiger partial charge in [0.25, 0.3) is 0 Å². The van der Waals surface area contributed by atoms with Gasteiger partial charge in [0, 0.05) is 42.8 Å². The molecule has 0 saturated heterocycles. The summed E-state index contributed by atoms with van der Waals surface area (Å²) in [6.45, 7) is 7.00. The monoisotopic (exact) mass is 334 g/mol. The molecule has 0 radical (unpaired) electrons. The maximum atomic E-state index is 9.60. The standard InChI is InChI=1S/C21H22N2O2/c1-3-23-12-17(13-24)14(2)19-10-21(22-11-20(19)23)25-18-8-15-6-4-5-7-16(15)9-18/h4-7,10-12,18,24H,2-3,8-9,13H2,1H3. The first-order valence-corrected chi connectivity index (χ1v) is 8.71. The Morgan fingerprint density at radius 3 is 2.64 bits per heavy atom. The highest BCUT2D eigenvalue weighted by molar-refractivity contribution is 5.88. The Morgan fingerprint density at radius 2 is 2.00 bits per heavy atom. The molecule has 4 rings (SSSR count). The van der Waals surface area contributed by atoms with Gasteiger partial charge in [-0.25, -0.2) is 4.98 Å². The molecule has 0 amide bonds. The van der Waals surface area contributed by atoms with Gasteiger partial charge >= 0.3 is 0 Å². The van der Waals surface area contributed by atoms with Gasteiger partial charge in [0.05, 0.1) is 18.5 Å². The van der Waals surface area contributed by atoms with Gasteiger partial charge in [0.2, 0.25) is 5.88 Å². The quantitative estimate of drug-likeness (QED) is 0.931. The molecular weight excluding hydrogens is 312 g/mol. The molecule has 0 bridgehead atoms. The van der Waals surface area contributed by atoms with Crippen LogP contribution in [0.3, 0.4) is 0 Å². The van der Waals surface area contributed by atoms with Crippen molar-refractivity contribution in [2.75, 3.05) is 18.1 Å². The van der Waals surface area contributed by atoms with Crippen molar-refractivity contribution in [3.05, 3.63) is 71.6 Å². The number of ether oxygens (including phenoxy) is 1. The van der Waals surface area contributed by atoms with Crippen LogP contribution in [0, 0.1) is 0 Å². The topological polar surface area (TPSA) is 45.6 Å². The number of aliphatic hydroxyl groups excluding tert-OH is 1. The number of aliphatic hydroxyl groups is 1. The van der Waals surface area contributed by atoms with Crippen LogP contribution in [0.5, 0.6) is 5.88 Å². The SMILES string of the molecule is C=C1C(CO)=CN(CC)c2cnc(OC3Cc4ccccc4C3)cc21. The number of aromatic nitrogens is 1. The van der Waals surface area contributed by atoms with Crippen LogP contribution in [0.15, 0.2) is 54.9 Å². The van der Waals surface area contributed by atoms with Gasteiger partial charge in [0.15, 0.2) is 0 Å². The third-order valence-corrected chi connectivity index (χ3v) is 5.00. The van der Waals surface area contributed by atoms with Gasteiger partial charge in [0.1, 0.15) is 6.10 Å². The van der Waals surface area contributed by atoms with Crippen molar-refractivity contribution >= 4 is 11.3 Å². The van der Waals surface area contributed by atoms with Crippen molar-refractivity contribution < 1.29 is 9.84 Å². The highest BCUT2D eigenvalue weighted by Gasteiger charge is 2.25. The largest absolute Gasteiger partial charge is 0.474 e. The van der Waals surface area contributed by atoms with E-state index in [1.54, 1.807) is 0 Å². The second-order valence-corrected chi connectivity index (χ2v) is 6.53. The van der Waals surface area contributed by atoms with E-state index in [0.29, 0.717) is 5.88 Å². The van der Waals surface area contributed by atoms with Gasteiger partial charge in [-0.1, -0.05) is 30.8 Å². The zero-order valence-corrected chi connectivity index (χ0v) is 14.4. The van der Waals surface area contributed by atoms with E-state index in [9.17, 15) is 5.11 Å². The van der Waals surface area contributed by atoms with Crippen molar-refractivity contribution in [2.24, 2.45) is 0 Å². The number of nitrogens with zero attached hydrogens (tertiary/aromatic N) is 2. The summed E-state index contributed by atoms with van der Waals surface area (Å²) in [5.41, 5.74) is 6.37. The molecular formula is C21H22N2O2. The van der Waals surface area contributed by atoms with Gasteiger partial charge in [-0.05, 0) is 23.6 Å². The van der Waals surface area contributed by atoms with Gasteiger partial charge in [-0.2, -0.15) is 0 Å². The molecule has 128 valence electrons. The van der Waals surface area contributed by atoms with E-state index < -0.39 is 0 Å². The Hall–Kier alpha value is -2.59. The highest BCUT2D eigenvalue weighted by atomic mass is 16.5. The van der Waals surface area contributed by atoms with Gasteiger partial charge in [-0.15, -0.1) is 0 Å². The lowest BCUT2D eigenvalue weighted by Crippen LogP contribution is -2.23. The Kier molecular flexibility index (Phi) is 4.06. The lowest BCUT2D eigenvalue weighted by molar-refractivity contribution is 0.205. The molecule has 2 aliphatic rings. The first-order chi connectivity index (χ1) is 12.2. The predicted molar refractivity (Wildman–Crippen MR) is 99.7 cm³/mol. The van der Waals surface area contributed by atoms with Crippen molar-refractivity contribution in [3.8, 4) is 5.88 Å². The average molecular weight is 334 g/mol. The normalized spacial score (nSPS) is 16.5. The van der Waals surface area contributed by atoms with Crippen molar-refractivity contribution in [1.29, 1.82) is 0 Å². The maximum absolute atomic E-state index is 9.60. The fourth-order valence-electron chi connectivity index (χ4n) is 3.64. The molecule has 1 aromatic carbocycles. The summed E-state index contributed by atoms with van der Waals surface area (Å²) in [7, 11) is 0. The molecule has 25 heavy (non-hydrogen) atoms. The summed E-state index contributed by atoms with van der Waals surface area (Å²) >= 11 is 0. The summed E-state index contributed by atoms with van der Waals surface area (Å²) in [6.07, 6.45) is 5.74. The summed E-state index contributed by atoms with van der Waals surface area (Å²) in [4.78, 5) is 6.59. The third kappa shape index (κ3) is 2.83. The number of rotatable bonds is 4. The zero-order valence-electron chi connectivity index (χ0n) is 14.4. The maximum Gasteiger partial charge on any atom is 0.214 e. The molecule has 4 heteroatoms. The van der Waals surface area contributed by atoms with E-state index in [1.165, 1.54) is 11.1 Å². The number of fused-ring (bicyclic) bond motifs is 2. The third-order valence-electron chi connectivity index (χ3n) is 5.00. The molecule has 0 spiro atoms. The molecule has 0 saturated carbocycles. The summed E-state index contributed by atoms with van der Waals surface area (Å²) in [5.74, 6) is 0.618. The fraction of sp³-hybridized carbons (Fsp3) is 0.286. The lowest BCUT2D eigenvalue weighted by atomic mass is 9.96. The molecule has 0 unspecified atom stereocenters. The van der Waals surface area contributed by atoms with Crippen LogP contribution in [0.25, 0.3) is 5.57 Å². The molecule has 2 aromatic rings. The summed E-state index contributed by atoms with van der Waals surface area (Å²) < 4.78 is 6.16. The molecule has 0 atom stereocenters. The molecule has 1 aliphatic carbocycles. The molecule has 2 heterocycles. The summed E-state index contributed by atoms with van der Waals surface area (Å²) in [5, 5.41) is 9.60. The smallest absolute Gasteiger partial charge is 0.214 e. The van der Waals surface area contributed by atoms with Gasteiger partial charge < -0.3 is 14.7 Å². The fourth-order valence-corrected chi connectivity index (χ4v) is 3.64. The minimum atomic E-state index is -0.0226. The van der Waals surface area contributed by atoms with Gasteiger partial charge in [-0.3, -0.25) is 0 Å². The van der Waals surface area contributed by atoms with Crippen LogP contribution < -0.4 is 9.64 Å². The van der Waals surface area contributed by atoms with Crippen LogP contribution in [0.1, 0.15) is 23.6 Å². The van der Waals surface area contributed by atoms with Crippen LogP contribution in [-0.4, -0.2) is 29.3 Å². The lowest BCUT2D eigenvalue weighted by Gasteiger charge is -2.29. The Bertz CT molecular complexity index is 832. The van der Waals surface area contributed by atoms with E-state index in [2.05, 4.69) is 47.7 Å². The second kappa shape index (κ2) is 6.37. The number of anilines is 1. The number of hydrogen-bond donors (Lipinski definition) is 1. The Balaban J connectivity index is 1.58. The number of pyridine rings is 1. The van der Waals surface area contributed by atoms with E-state index in [-0.39, 0.29) is 12.7 Å². The van der Waals surface area contributed by atoms with Crippen LogP contribution >= 0.6 is 0 Å². The number of benzene rings is 1. The van der Waals surface area contributed by atoms with Crippen molar-refractivity contribution in [2.45, 2.75) is 25.9 Å². The predicted octanol–water partition coefficient (Wildman–Crippen LogP) is 3.36. The van der Waals surface area contributed by atoms with Crippen LogP contribution in [0.2, 0.25) is 0 Å². The minimum Gasteiger partial charge on any atom is -0.474 e. The zero-order chi connectivity index (χ0) is 17.4. The summed E-state index contributed by atoms with van der Waals surface area (Å²) in [6, 6.07) is 10.4. The molecule has 0 fully saturated rings. The first-order valence-electron chi connectivity index (χ1n) is 8.71. The first kappa shape index (κ1) is 15.9. The average Bonchev–Trinajstić information content (AvgIpc) is 3.04. The van der Waals surface area contributed by atoms with Crippen molar-refractivity contribution in [1.82, 2.24) is 4.98 Å². The van der Waals surface area contributed by atoms with E-state index >= 15 is 0 Å². The minimum absolute atomic E-state index is 0.0226. The van der Waals surface area contributed by atoms with Crippen molar-refractivity contribution in [3.63, 3.8) is 0 Å². The second-order valence-electron chi connectivity index (χ2n) is 6.53. The molecule has 1 N–H and O–H groups in total. The van der Waals surface area contributed by atoms with Crippen LogP contribution in [-0.2, 0) is 12.8 Å².